The molecule has 1 aliphatic carbocycles. The van der Waals surface area contributed by atoms with Crippen molar-refractivity contribution < 1.29 is 14.1 Å². The lowest BCUT2D eigenvalue weighted by Crippen LogP contribution is -2.09. The predicted molar refractivity (Wildman–Crippen MR) is 82.2 cm³/mol. The Bertz CT molecular complexity index is 719. The zero-order chi connectivity index (χ0) is 15.0. The van der Waals surface area contributed by atoms with Gasteiger partial charge in [-0.2, -0.15) is 0 Å². The van der Waals surface area contributed by atoms with Crippen LogP contribution in [0.15, 0.2) is 18.2 Å². The number of para-hydroxylation sites is 1. The molecular formula is C15H18N2O3S. The Labute approximate surface area is 125 Å². The van der Waals surface area contributed by atoms with Crippen molar-refractivity contribution in [1.82, 2.24) is 9.55 Å². The summed E-state index contributed by atoms with van der Waals surface area (Å²) in [6, 6.07) is 5.22. The molecule has 0 aliphatic heterocycles. The molecule has 0 saturated heterocycles. The smallest absolute Gasteiger partial charge is 0.337 e. The van der Waals surface area contributed by atoms with E-state index in [4.69, 9.17) is 0 Å². The SMILES string of the molecule is CS(=O)CCCn1c(C2CC2)nc2cccc(C(=O)O)c21. The molecule has 0 amide bonds. The fraction of sp³-hybridized carbons (Fsp3) is 0.467. The summed E-state index contributed by atoms with van der Waals surface area (Å²) < 4.78 is 13.3. The highest BCUT2D eigenvalue weighted by Crippen LogP contribution is 2.41. The largest absolute Gasteiger partial charge is 0.478 e. The minimum atomic E-state index is -0.928. The maximum Gasteiger partial charge on any atom is 0.337 e. The van der Waals surface area contributed by atoms with Gasteiger partial charge in [0.1, 0.15) is 5.82 Å². The number of nitrogens with zero attached hydrogens (tertiary/aromatic N) is 2. The van der Waals surface area contributed by atoms with E-state index in [2.05, 4.69) is 4.98 Å². The van der Waals surface area contributed by atoms with E-state index in [1.807, 2.05) is 10.6 Å². The highest BCUT2D eigenvalue weighted by atomic mass is 32.2. The number of hydrogen-bond acceptors (Lipinski definition) is 3. The first kappa shape index (κ1) is 14.3. The Morgan fingerprint density at radius 3 is 2.86 bits per heavy atom. The van der Waals surface area contributed by atoms with E-state index in [0.717, 1.165) is 30.6 Å². The molecule has 1 atom stereocenters. The van der Waals surface area contributed by atoms with Crippen molar-refractivity contribution in [2.75, 3.05) is 12.0 Å². The van der Waals surface area contributed by atoms with Crippen LogP contribution in [-0.4, -0.2) is 36.8 Å². The van der Waals surface area contributed by atoms with E-state index in [0.29, 0.717) is 29.3 Å². The van der Waals surface area contributed by atoms with Crippen molar-refractivity contribution in [3.05, 3.63) is 29.6 Å². The van der Waals surface area contributed by atoms with E-state index in [-0.39, 0.29) is 0 Å². The molecule has 0 bridgehead atoms. The second-order valence-electron chi connectivity index (χ2n) is 5.51. The lowest BCUT2D eigenvalue weighted by molar-refractivity contribution is 0.0698. The molecule has 1 unspecified atom stereocenters. The van der Waals surface area contributed by atoms with E-state index in [9.17, 15) is 14.1 Å². The van der Waals surface area contributed by atoms with Gasteiger partial charge in [0.25, 0.3) is 0 Å². The van der Waals surface area contributed by atoms with Gasteiger partial charge < -0.3 is 9.67 Å². The molecule has 6 heteroatoms. The number of rotatable bonds is 6. The number of fused-ring (bicyclic) bond motifs is 1. The van der Waals surface area contributed by atoms with Crippen LogP contribution in [0.2, 0.25) is 0 Å². The summed E-state index contributed by atoms with van der Waals surface area (Å²) in [7, 11) is -0.827. The topological polar surface area (TPSA) is 72.2 Å². The average Bonchev–Trinajstić information content (AvgIpc) is 3.21. The quantitative estimate of drug-likeness (QED) is 0.889. The number of imidazole rings is 1. The number of hydrogen-bond donors (Lipinski definition) is 1. The Kier molecular flexibility index (Phi) is 3.80. The zero-order valence-electron chi connectivity index (χ0n) is 11.9. The summed E-state index contributed by atoms with van der Waals surface area (Å²) >= 11 is 0. The Morgan fingerprint density at radius 1 is 1.48 bits per heavy atom. The van der Waals surface area contributed by atoms with Gasteiger partial charge in [0.05, 0.1) is 16.6 Å². The van der Waals surface area contributed by atoms with Gasteiger partial charge in [-0.1, -0.05) is 6.07 Å². The molecule has 1 aromatic carbocycles. The van der Waals surface area contributed by atoms with Crippen LogP contribution < -0.4 is 0 Å². The first-order chi connectivity index (χ1) is 10.1. The van der Waals surface area contributed by atoms with Gasteiger partial charge >= 0.3 is 5.97 Å². The van der Waals surface area contributed by atoms with Crippen molar-refractivity contribution in [3.8, 4) is 0 Å². The van der Waals surface area contributed by atoms with Crippen LogP contribution in [0.3, 0.4) is 0 Å². The second kappa shape index (κ2) is 5.60. The number of aromatic carboxylic acids is 1. The van der Waals surface area contributed by atoms with Gasteiger partial charge in [-0.05, 0) is 31.4 Å². The molecule has 1 aliphatic rings. The average molecular weight is 306 g/mol. The van der Waals surface area contributed by atoms with Gasteiger partial charge in [-0.25, -0.2) is 9.78 Å². The predicted octanol–water partition coefficient (Wildman–Crippen LogP) is 2.38. The van der Waals surface area contributed by atoms with Crippen LogP contribution in [0.4, 0.5) is 0 Å². The summed E-state index contributed by atoms with van der Waals surface area (Å²) in [6.07, 6.45) is 4.69. The van der Waals surface area contributed by atoms with Gasteiger partial charge in [0, 0.05) is 35.3 Å². The van der Waals surface area contributed by atoms with Gasteiger partial charge in [-0.15, -0.1) is 0 Å². The van der Waals surface area contributed by atoms with Crippen LogP contribution in [0.5, 0.6) is 0 Å². The third-order valence-electron chi connectivity index (χ3n) is 3.78. The van der Waals surface area contributed by atoms with Crippen molar-refractivity contribution >= 4 is 27.8 Å². The van der Waals surface area contributed by atoms with Crippen LogP contribution in [0.1, 0.15) is 41.4 Å². The fourth-order valence-corrected chi connectivity index (χ4v) is 3.22. The molecule has 1 fully saturated rings. The first-order valence-electron chi connectivity index (χ1n) is 7.10. The minimum absolute atomic E-state index is 0.296. The van der Waals surface area contributed by atoms with Crippen LogP contribution in [-0.2, 0) is 17.3 Å². The molecule has 1 heterocycles. The van der Waals surface area contributed by atoms with E-state index in [1.165, 1.54) is 0 Å². The summed E-state index contributed by atoms with van der Waals surface area (Å²) in [4.78, 5) is 16.1. The van der Waals surface area contributed by atoms with Crippen LogP contribution in [0, 0.1) is 0 Å². The highest BCUT2D eigenvalue weighted by Gasteiger charge is 2.30. The third kappa shape index (κ3) is 2.85. The van der Waals surface area contributed by atoms with Crippen molar-refractivity contribution in [2.45, 2.75) is 31.7 Å². The van der Waals surface area contributed by atoms with Crippen LogP contribution in [0.25, 0.3) is 11.0 Å². The van der Waals surface area contributed by atoms with Crippen molar-refractivity contribution in [1.29, 1.82) is 0 Å². The molecule has 2 aromatic rings. The summed E-state index contributed by atoms with van der Waals surface area (Å²) in [5.41, 5.74) is 1.74. The first-order valence-corrected chi connectivity index (χ1v) is 8.83. The van der Waals surface area contributed by atoms with Gasteiger partial charge in [0.2, 0.25) is 0 Å². The van der Waals surface area contributed by atoms with Crippen molar-refractivity contribution in [2.24, 2.45) is 0 Å². The molecule has 0 radical (unpaired) electrons. The summed E-state index contributed by atoms with van der Waals surface area (Å²) in [5.74, 6) is 1.13. The highest BCUT2D eigenvalue weighted by molar-refractivity contribution is 7.84. The molecule has 5 nitrogen and oxygen atoms in total. The lowest BCUT2D eigenvalue weighted by atomic mass is 10.2. The number of benzene rings is 1. The fourth-order valence-electron chi connectivity index (χ4n) is 2.68. The monoisotopic (exact) mass is 306 g/mol. The van der Waals surface area contributed by atoms with Crippen LogP contribution >= 0.6 is 0 Å². The molecule has 3 rings (SSSR count). The second-order valence-corrected chi connectivity index (χ2v) is 7.06. The Balaban J connectivity index is 2.06. The number of aromatic nitrogens is 2. The molecular weight excluding hydrogens is 288 g/mol. The van der Waals surface area contributed by atoms with E-state index < -0.39 is 16.8 Å². The normalized spacial score (nSPS) is 16.2. The van der Waals surface area contributed by atoms with Gasteiger partial charge in [-0.3, -0.25) is 4.21 Å². The number of aryl methyl sites for hydroxylation is 1. The maximum absolute atomic E-state index is 11.5. The summed E-state index contributed by atoms with van der Waals surface area (Å²) in [5, 5.41) is 9.39. The molecule has 1 N–H and O–H groups in total. The molecule has 0 spiro atoms. The molecule has 21 heavy (non-hydrogen) atoms. The number of carboxylic acid groups (broad SMARTS) is 1. The molecule has 1 aromatic heterocycles. The van der Waals surface area contributed by atoms with Crippen molar-refractivity contribution in [3.63, 3.8) is 0 Å². The number of carbonyl (C=O) groups is 1. The number of carboxylic acids is 1. The van der Waals surface area contributed by atoms with E-state index in [1.54, 1.807) is 18.4 Å². The summed E-state index contributed by atoms with van der Waals surface area (Å²) in [6.45, 7) is 0.673. The third-order valence-corrected chi connectivity index (χ3v) is 4.65. The Hall–Kier alpha value is -1.69. The molecule has 112 valence electrons. The van der Waals surface area contributed by atoms with Gasteiger partial charge in [0.15, 0.2) is 0 Å². The minimum Gasteiger partial charge on any atom is -0.478 e. The lowest BCUT2D eigenvalue weighted by Gasteiger charge is -2.09. The maximum atomic E-state index is 11.5. The zero-order valence-corrected chi connectivity index (χ0v) is 12.7. The molecule has 1 saturated carbocycles. The Morgan fingerprint density at radius 2 is 2.24 bits per heavy atom. The standard InChI is InChI=1S/C15H18N2O3S/c1-21(20)9-3-8-17-13-11(15(18)19)4-2-5-12(13)16-14(17)10-6-7-10/h2,4-5,10H,3,6-9H2,1H3,(H,18,19). The van der Waals surface area contributed by atoms with E-state index >= 15 is 0 Å².